The molecule has 5 heteroatoms. The van der Waals surface area contributed by atoms with E-state index in [0.717, 1.165) is 25.1 Å². The van der Waals surface area contributed by atoms with Crippen molar-refractivity contribution in [3.05, 3.63) is 29.6 Å². The number of hydrogen-bond acceptors (Lipinski definition) is 3. The second-order valence-corrected chi connectivity index (χ2v) is 7.20. The summed E-state index contributed by atoms with van der Waals surface area (Å²) in [5.74, 6) is 0.297. The summed E-state index contributed by atoms with van der Waals surface area (Å²) < 4.78 is 18.9. The van der Waals surface area contributed by atoms with Gasteiger partial charge in [0.25, 0.3) is 0 Å². The van der Waals surface area contributed by atoms with Gasteiger partial charge in [0.1, 0.15) is 11.4 Å². The van der Waals surface area contributed by atoms with Crippen LogP contribution in [0.2, 0.25) is 0 Å². The molecule has 1 aromatic carbocycles. The van der Waals surface area contributed by atoms with E-state index in [1.165, 1.54) is 6.07 Å². The molecule has 0 atom stereocenters. The van der Waals surface area contributed by atoms with Crippen LogP contribution in [0.15, 0.2) is 18.2 Å². The first-order valence-electron chi connectivity index (χ1n) is 8.23. The Morgan fingerprint density at radius 2 is 2.00 bits per heavy atom. The van der Waals surface area contributed by atoms with Crippen LogP contribution in [0, 0.1) is 18.7 Å². The standard InChI is InChI=1S/C18H27FN2O2/c1-13-15(19)6-5-7-16(13)20-12-14-8-10-21(11-9-14)17(22)23-18(2,3)4/h5-7,14,20H,8-12H2,1-4H3. The Hall–Kier alpha value is -1.78. The summed E-state index contributed by atoms with van der Waals surface area (Å²) in [7, 11) is 0. The van der Waals surface area contributed by atoms with Crippen molar-refractivity contribution < 1.29 is 13.9 Å². The lowest BCUT2D eigenvalue weighted by Gasteiger charge is -2.33. The van der Waals surface area contributed by atoms with Gasteiger partial charge in [0.15, 0.2) is 0 Å². The van der Waals surface area contributed by atoms with E-state index in [1.807, 2.05) is 26.8 Å². The summed E-state index contributed by atoms with van der Waals surface area (Å²) in [6, 6.07) is 5.09. The molecule has 23 heavy (non-hydrogen) atoms. The molecule has 0 unspecified atom stereocenters. The molecule has 1 aromatic rings. The molecule has 0 aromatic heterocycles. The van der Waals surface area contributed by atoms with Crippen molar-refractivity contribution in [3.8, 4) is 0 Å². The smallest absolute Gasteiger partial charge is 0.410 e. The van der Waals surface area contributed by atoms with Gasteiger partial charge in [-0.05, 0) is 58.6 Å². The SMILES string of the molecule is Cc1c(F)cccc1NCC1CCN(C(=O)OC(C)(C)C)CC1. The van der Waals surface area contributed by atoms with Gasteiger partial charge in [-0.15, -0.1) is 0 Å². The number of nitrogens with zero attached hydrogens (tertiary/aromatic N) is 1. The van der Waals surface area contributed by atoms with Gasteiger partial charge in [0.05, 0.1) is 0 Å². The largest absolute Gasteiger partial charge is 0.444 e. The van der Waals surface area contributed by atoms with Crippen LogP contribution in [-0.4, -0.2) is 36.2 Å². The third-order valence-electron chi connectivity index (χ3n) is 4.12. The first-order chi connectivity index (χ1) is 10.8. The van der Waals surface area contributed by atoms with Crippen LogP contribution < -0.4 is 5.32 Å². The fraction of sp³-hybridized carbons (Fsp3) is 0.611. The summed E-state index contributed by atoms with van der Waals surface area (Å²) in [6.45, 7) is 9.64. The van der Waals surface area contributed by atoms with Gasteiger partial charge in [-0.2, -0.15) is 0 Å². The normalized spacial score (nSPS) is 16.3. The summed E-state index contributed by atoms with van der Waals surface area (Å²) >= 11 is 0. The summed E-state index contributed by atoms with van der Waals surface area (Å²) in [5, 5.41) is 3.33. The van der Waals surface area contributed by atoms with E-state index in [1.54, 1.807) is 17.9 Å². The molecule has 1 N–H and O–H groups in total. The lowest BCUT2D eigenvalue weighted by Crippen LogP contribution is -2.42. The molecule has 128 valence electrons. The first kappa shape index (κ1) is 17.6. The fourth-order valence-corrected chi connectivity index (χ4v) is 2.70. The number of carbonyl (C=O) groups is 1. The van der Waals surface area contributed by atoms with Gasteiger partial charge >= 0.3 is 6.09 Å². The molecule has 0 bridgehead atoms. The number of hydrogen-bond donors (Lipinski definition) is 1. The predicted molar refractivity (Wildman–Crippen MR) is 90.2 cm³/mol. The topological polar surface area (TPSA) is 41.6 Å². The number of benzene rings is 1. The minimum absolute atomic E-state index is 0.185. The number of amides is 1. The van der Waals surface area contributed by atoms with Crippen molar-refractivity contribution in [2.75, 3.05) is 25.0 Å². The lowest BCUT2D eigenvalue weighted by atomic mass is 9.97. The van der Waals surface area contributed by atoms with Gasteiger partial charge in [-0.1, -0.05) is 6.07 Å². The Labute approximate surface area is 138 Å². The minimum Gasteiger partial charge on any atom is -0.444 e. The van der Waals surface area contributed by atoms with Crippen molar-refractivity contribution in [2.45, 2.75) is 46.1 Å². The Morgan fingerprint density at radius 1 is 1.35 bits per heavy atom. The molecule has 0 radical (unpaired) electrons. The van der Waals surface area contributed by atoms with E-state index < -0.39 is 5.60 Å². The van der Waals surface area contributed by atoms with E-state index in [4.69, 9.17) is 4.74 Å². The number of carbonyl (C=O) groups excluding carboxylic acids is 1. The highest BCUT2D eigenvalue weighted by Gasteiger charge is 2.26. The van der Waals surface area contributed by atoms with Crippen molar-refractivity contribution >= 4 is 11.8 Å². The van der Waals surface area contributed by atoms with Gasteiger partial charge < -0.3 is 15.0 Å². The Kier molecular flexibility index (Phi) is 5.50. The Bertz CT molecular complexity index is 546. The highest BCUT2D eigenvalue weighted by atomic mass is 19.1. The van der Waals surface area contributed by atoms with Crippen LogP contribution in [0.4, 0.5) is 14.9 Å². The molecule has 2 rings (SSSR count). The zero-order chi connectivity index (χ0) is 17.0. The highest BCUT2D eigenvalue weighted by Crippen LogP contribution is 2.22. The second-order valence-electron chi connectivity index (χ2n) is 7.20. The van der Waals surface area contributed by atoms with E-state index >= 15 is 0 Å². The van der Waals surface area contributed by atoms with E-state index in [9.17, 15) is 9.18 Å². The maximum atomic E-state index is 13.5. The average molecular weight is 322 g/mol. The summed E-state index contributed by atoms with van der Waals surface area (Å²) in [6.07, 6.45) is 1.63. The predicted octanol–water partition coefficient (Wildman–Crippen LogP) is 4.19. The third kappa shape index (κ3) is 5.12. The average Bonchev–Trinajstić information content (AvgIpc) is 2.47. The van der Waals surface area contributed by atoms with Gasteiger partial charge in [0.2, 0.25) is 0 Å². The van der Waals surface area contributed by atoms with Crippen LogP contribution in [0.5, 0.6) is 0 Å². The number of nitrogens with one attached hydrogen (secondary N) is 1. The molecule has 1 fully saturated rings. The molecule has 1 heterocycles. The number of rotatable bonds is 3. The van der Waals surface area contributed by atoms with Crippen LogP contribution in [-0.2, 0) is 4.74 Å². The van der Waals surface area contributed by atoms with E-state index in [-0.39, 0.29) is 11.9 Å². The quantitative estimate of drug-likeness (QED) is 0.907. The molecule has 1 aliphatic rings. The van der Waals surface area contributed by atoms with Crippen LogP contribution >= 0.6 is 0 Å². The number of ether oxygens (including phenoxy) is 1. The zero-order valence-corrected chi connectivity index (χ0v) is 14.5. The lowest BCUT2D eigenvalue weighted by molar-refractivity contribution is 0.0188. The van der Waals surface area contributed by atoms with Crippen LogP contribution in [0.1, 0.15) is 39.2 Å². The van der Waals surface area contributed by atoms with E-state index in [2.05, 4.69) is 5.32 Å². The van der Waals surface area contributed by atoms with Crippen molar-refractivity contribution in [1.82, 2.24) is 4.90 Å². The molecular formula is C18H27FN2O2. The van der Waals surface area contributed by atoms with Crippen molar-refractivity contribution in [1.29, 1.82) is 0 Å². The van der Waals surface area contributed by atoms with Crippen molar-refractivity contribution in [3.63, 3.8) is 0 Å². The highest BCUT2D eigenvalue weighted by molar-refractivity contribution is 5.68. The Morgan fingerprint density at radius 3 is 2.61 bits per heavy atom. The maximum Gasteiger partial charge on any atom is 0.410 e. The molecular weight excluding hydrogens is 295 g/mol. The Balaban J connectivity index is 1.79. The second kappa shape index (κ2) is 7.20. The molecule has 4 nitrogen and oxygen atoms in total. The molecule has 0 saturated carbocycles. The number of likely N-dealkylation sites (tertiary alicyclic amines) is 1. The fourth-order valence-electron chi connectivity index (χ4n) is 2.70. The number of piperidine rings is 1. The first-order valence-corrected chi connectivity index (χ1v) is 8.23. The molecule has 0 spiro atoms. The molecule has 1 saturated heterocycles. The zero-order valence-electron chi connectivity index (χ0n) is 14.5. The minimum atomic E-state index is -0.454. The van der Waals surface area contributed by atoms with E-state index in [0.29, 0.717) is 24.6 Å². The number of halogens is 1. The maximum absolute atomic E-state index is 13.5. The van der Waals surface area contributed by atoms with Crippen molar-refractivity contribution in [2.24, 2.45) is 5.92 Å². The van der Waals surface area contributed by atoms with Gasteiger partial charge in [-0.3, -0.25) is 0 Å². The molecule has 1 amide bonds. The third-order valence-corrected chi connectivity index (χ3v) is 4.12. The van der Waals surface area contributed by atoms with Gasteiger partial charge in [-0.25, -0.2) is 9.18 Å². The molecule has 1 aliphatic heterocycles. The summed E-state index contributed by atoms with van der Waals surface area (Å²) in [4.78, 5) is 13.8. The van der Waals surface area contributed by atoms with Crippen LogP contribution in [0.3, 0.4) is 0 Å². The summed E-state index contributed by atoms with van der Waals surface area (Å²) in [5.41, 5.74) is 1.04. The molecule has 0 aliphatic carbocycles. The number of anilines is 1. The monoisotopic (exact) mass is 322 g/mol. The van der Waals surface area contributed by atoms with Crippen LogP contribution in [0.25, 0.3) is 0 Å². The van der Waals surface area contributed by atoms with Gasteiger partial charge in [0, 0.05) is 30.9 Å².